The Morgan fingerprint density at radius 3 is 2.05 bits per heavy atom. The van der Waals surface area contributed by atoms with Gasteiger partial charge in [0.25, 0.3) is 0 Å². The van der Waals surface area contributed by atoms with Crippen LogP contribution in [0.1, 0.15) is 12.5 Å². The summed E-state index contributed by atoms with van der Waals surface area (Å²) >= 11 is 0. The Hall–Kier alpha value is -2.62. The smallest absolute Gasteiger partial charge is 0.246 e. The molecule has 0 saturated carbocycles. The number of aryl methyl sites for hydroxylation is 1. The molecule has 2 amide bonds. The maximum atomic E-state index is 12.4. The molecule has 4 nitrogen and oxygen atoms in total. The number of carbonyl (C=O) groups is 2. The van der Waals surface area contributed by atoms with E-state index in [4.69, 9.17) is 0 Å². The van der Waals surface area contributed by atoms with Crippen molar-refractivity contribution in [1.82, 2.24) is 0 Å². The third kappa shape index (κ3) is 3.73. The molecule has 0 aliphatic heterocycles. The molecule has 0 atom stereocenters. The number of hydrogen-bond acceptors (Lipinski definition) is 2. The first kappa shape index (κ1) is 15.8. The summed E-state index contributed by atoms with van der Waals surface area (Å²) in [4.78, 5) is 27.4. The first-order chi connectivity index (χ1) is 10.5. The SMILES string of the molecule is CC(=O)N(CC(=O)N(C)c1ccccc1)c1ccc(C)cc1. The van der Waals surface area contributed by atoms with E-state index in [0.29, 0.717) is 0 Å². The highest BCUT2D eigenvalue weighted by molar-refractivity contribution is 6.02. The van der Waals surface area contributed by atoms with Gasteiger partial charge in [0.1, 0.15) is 6.54 Å². The zero-order valence-electron chi connectivity index (χ0n) is 13.1. The van der Waals surface area contributed by atoms with Crippen molar-refractivity contribution >= 4 is 23.2 Å². The molecular weight excluding hydrogens is 276 g/mol. The Kier molecular flexibility index (Phi) is 4.94. The van der Waals surface area contributed by atoms with Crippen LogP contribution in [0.2, 0.25) is 0 Å². The van der Waals surface area contributed by atoms with Crippen molar-refractivity contribution in [3.63, 3.8) is 0 Å². The fraction of sp³-hybridized carbons (Fsp3) is 0.222. The summed E-state index contributed by atoms with van der Waals surface area (Å²) in [6.45, 7) is 3.47. The van der Waals surface area contributed by atoms with Gasteiger partial charge in [-0.1, -0.05) is 35.9 Å². The summed E-state index contributed by atoms with van der Waals surface area (Å²) in [5.74, 6) is -0.291. The van der Waals surface area contributed by atoms with Gasteiger partial charge in [-0.15, -0.1) is 0 Å². The van der Waals surface area contributed by atoms with Gasteiger partial charge in [-0.25, -0.2) is 0 Å². The van der Waals surface area contributed by atoms with Gasteiger partial charge in [0.2, 0.25) is 11.8 Å². The lowest BCUT2D eigenvalue weighted by molar-refractivity contribution is -0.121. The molecule has 0 bridgehead atoms. The average Bonchev–Trinajstić information content (AvgIpc) is 2.53. The van der Waals surface area contributed by atoms with Crippen molar-refractivity contribution in [2.24, 2.45) is 0 Å². The Balaban J connectivity index is 2.16. The number of hydrogen-bond donors (Lipinski definition) is 0. The number of carbonyl (C=O) groups excluding carboxylic acids is 2. The van der Waals surface area contributed by atoms with E-state index in [0.717, 1.165) is 16.9 Å². The molecular formula is C18H20N2O2. The number of nitrogens with zero attached hydrogens (tertiary/aromatic N) is 2. The first-order valence-corrected chi connectivity index (χ1v) is 7.15. The van der Waals surface area contributed by atoms with Gasteiger partial charge in [0.05, 0.1) is 0 Å². The second-order valence-electron chi connectivity index (χ2n) is 5.23. The van der Waals surface area contributed by atoms with Gasteiger partial charge >= 0.3 is 0 Å². The normalized spacial score (nSPS) is 10.1. The van der Waals surface area contributed by atoms with Gasteiger partial charge in [-0.05, 0) is 31.2 Å². The molecule has 2 aromatic carbocycles. The van der Waals surface area contributed by atoms with E-state index < -0.39 is 0 Å². The summed E-state index contributed by atoms with van der Waals surface area (Å²) in [7, 11) is 1.71. The van der Waals surface area contributed by atoms with Gasteiger partial charge in [0, 0.05) is 25.3 Å². The minimum absolute atomic E-state index is 0.0176. The number of benzene rings is 2. The van der Waals surface area contributed by atoms with E-state index >= 15 is 0 Å². The Morgan fingerprint density at radius 1 is 0.909 bits per heavy atom. The molecule has 22 heavy (non-hydrogen) atoms. The van der Waals surface area contributed by atoms with E-state index in [2.05, 4.69) is 0 Å². The number of rotatable bonds is 4. The maximum absolute atomic E-state index is 12.4. The third-order valence-electron chi connectivity index (χ3n) is 3.54. The standard InChI is InChI=1S/C18H20N2O2/c1-14-9-11-17(12-10-14)20(15(2)21)13-18(22)19(3)16-7-5-4-6-8-16/h4-12H,13H2,1-3H3. The molecule has 0 aliphatic carbocycles. The molecule has 0 saturated heterocycles. The minimum atomic E-state index is -0.154. The molecule has 0 aromatic heterocycles. The topological polar surface area (TPSA) is 40.6 Å². The largest absolute Gasteiger partial charge is 0.314 e. The van der Waals surface area contributed by atoms with Gasteiger partial charge in [-0.3, -0.25) is 9.59 Å². The molecule has 0 fully saturated rings. The Morgan fingerprint density at radius 2 is 1.50 bits per heavy atom. The average molecular weight is 296 g/mol. The summed E-state index contributed by atoms with van der Waals surface area (Å²) in [6, 6.07) is 16.9. The van der Waals surface area contributed by atoms with Crippen molar-refractivity contribution in [3.05, 3.63) is 60.2 Å². The first-order valence-electron chi connectivity index (χ1n) is 7.15. The molecule has 0 heterocycles. The van der Waals surface area contributed by atoms with Gasteiger partial charge < -0.3 is 9.80 Å². The van der Waals surface area contributed by atoms with E-state index in [9.17, 15) is 9.59 Å². The molecule has 0 aliphatic rings. The van der Waals surface area contributed by atoms with Crippen LogP contribution >= 0.6 is 0 Å². The number of amides is 2. The summed E-state index contributed by atoms with van der Waals surface area (Å²) in [6.07, 6.45) is 0. The highest BCUT2D eigenvalue weighted by atomic mass is 16.2. The van der Waals surface area contributed by atoms with Crippen LogP contribution in [0, 0.1) is 6.92 Å². The third-order valence-corrected chi connectivity index (χ3v) is 3.54. The number of likely N-dealkylation sites (N-methyl/N-ethyl adjacent to an activating group) is 1. The maximum Gasteiger partial charge on any atom is 0.246 e. The van der Waals surface area contributed by atoms with Crippen molar-refractivity contribution in [1.29, 1.82) is 0 Å². The Labute approximate surface area is 131 Å². The summed E-state index contributed by atoms with van der Waals surface area (Å²) in [5.41, 5.74) is 2.65. The predicted octanol–water partition coefficient (Wildman–Crippen LogP) is 3.01. The lowest BCUT2D eigenvalue weighted by Crippen LogP contribution is -2.40. The second kappa shape index (κ2) is 6.89. The van der Waals surface area contributed by atoms with Crippen LogP contribution in [0.15, 0.2) is 54.6 Å². The Bertz CT molecular complexity index is 651. The summed E-state index contributed by atoms with van der Waals surface area (Å²) < 4.78 is 0. The zero-order valence-corrected chi connectivity index (χ0v) is 13.1. The summed E-state index contributed by atoms with van der Waals surface area (Å²) in [5, 5.41) is 0. The van der Waals surface area contributed by atoms with E-state index in [-0.39, 0.29) is 18.4 Å². The fourth-order valence-electron chi connectivity index (χ4n) is 2.15. The lowest BCUT2D eigenvalue weighted by atomic mass is 10.2. The van der Waals surface area contributed by atoms with Crippen LogP contribution in [0.4, 0.5) is 11.4 Å². The van der Waals surface area contributed by atoms with Crippen LogP contribution in [-0.2, 0) is 9.59 Å². The zero-order chi connectivity index (χ0) is 16.1. The van der Waals surface area contributed by atoms with Crippen LogP contribution < -0.4 is 9.80 Å². The molecule has 4 heteroatoms. The van der Waals surface area contributed by atoms with Crippen molar-refractivity contribution in [2.75, 3.05) is 23.4 Å². The molecule has 2 rings (SSSR count). The van der Waals surface area contributed by atoms with E-state index in [1.165, 1.54) is 11.8 Å². The van der Waals surface area contributed by atoms with Gasteiger partial charge in [-0.2, -0.15) is 0 Å². The lowest BCUT2D eigenvalue weighted by Gasteiger charge is -2.24. The monoisotopic (exact) mass is 296 g/mol. The highest BCUT2D eigenvalue weighted by Crippen LogP contribution is 2.17. The van der Waals surface area contributed by atoms with Crippen LogP contribution in [-0.4, -0.2) is 25.4 Å². The van der Waals surface area contributed by atoms with Crippen molar-refractivity contribution in [3.8, 4) is 0 Å². The highest BCUT2D eigenvalue weighted by Gasteiger charge is 2.19. The van der Waals surface area contributed by atoms with Crippen LogP contribution in [0.5, 0.6) is 0 Å². The van der Waals surface area contributed by atoms with Crippen molar-refractivity contribution < 1.29 is 9.59 Å². The number of anilines is 2. The molecule has 2 aromatic rings. The minimum Gasteiger partial charge on any atom is -0.314 e. The van der Waals surface area contributed by atoms with Gasteiger partial charge in [0.15, 0.2) is 0 Å². The molecule has 0 N–H and O–H groups in total. The quantitative estimate of drug-likeness (QED) is 0.870. The predicted molar refractivity (Wildman–Crippen MR) is 89.1 cm³/mol. The van der Waals surface area contributed by atoms with Crippen LogP contribution in [0.3, 0.4) is 0 Å². The molecule has 114 valence electrons. The molecule has 0 radical (unpaired) electrons. The van der Waals surface area contributed by atoms with E-state index in [1.807, 2.05) is 61.5 Å². The van der Waals surface area contributed by atoms with Crippen molar-refractivity contribution in [2.45, 2.75) is 13.8 Å². The number of para-hydroxylation sites is 1. The second-order valence-corrected chi connectivity index (χ2v) is 5.23. The van der Waals surface area contributed by atoms with Crippen LogP contribution in [0.25, 0.3) is 0 Å². The van der Waals surface area contributed by atoms with E-state index in [1.54, 1.807) is 11.9 Å². The molecule has 0 unspecified atom stereocenters. The fourth-order valence-corrected chi connectivity index (χ4v) is 2.15. The molecule has 0 spiro atoms.